The highest BCUT2D eigenvalue weighted by molar-refractivity contribution is 7.19. The number of rotatable bonds is 3. The highest BCUT2D eigenvalue weighted by Gasteiger charge is 2.29. The summed E-state index contributed by atoms with van der Waals surface area (Å²) in [6.45, 7) is 3.09. The molecule has 2 aliphatic carbocycles. The molecule has 156 valence electrons. The molecule has 2 aromatic heterocycles. The number of carbonyl (C=O) groups excluding carboxylic acids is 1. The summed E-state index contributed by atoms with van der Waals surface area (Å²) in [5, 5.41) is 1.31. The standard InChI is InChI=1S/C22H29ClN4OS/c23-14-18(28)26-10-12-27(13-11-26)21-19-16-8-4-5-9-17(16)29-22(19)25-20(24-21)15-6-2-1-3-7-15/h15H,1-14H2. The van der Waals surface area contributed by atoms with E-state index in [1.54, 1.807) is 0 Å². The van der Waals surface area contributed by atoms with Crippen LogP contribution >= 0.6 is 22.9 Å². The lowest BCUT2D eigenvalue weighted by atomic mass is 9.88. The first kappa shape index (κ1) is 19.6. The second kappa shape index (κ2) is 8.38. The number of anilines is 1. The minimum atomic E-state index is 0.0370. The van der Waals surface area contributed by atoms with Gasteiger partial charge in [0.05, 0.1) is 5.39 Å². The molecule has 5 rings (SSSR count). The molecule has 0 atom stereocenters. The van der Waals surface area contributed by atoms with E-state index in [2.05, 4.69) is 4.90 Å². The first-order valence-electron chi connectivity index (χ1n) is 11.2. The number of alkyl halides is 1. The van der Waals surface area contributed by atoms with E-state index in [0.29, 0.717) is 5.92 Å². The molecule has 1 saturated heterocycles. The molecule has 0 unspecified atom stereocenters. The van der Waals surface area contributed by atoms with Crippen molar-refractivity contribution in [2.24, 2.45) is 0 Å². The monoisotopic (exact) mass is 432 g/mol. The van der Waals surface area contributed by atoms with Gasteiger partial charge in [-0.1, -0.05) is 19.3 Å². The van der Waals surface area contributed by atoms with Gasteiger partial charge in [-0.3, -0.25) is 4.79 Å². The molecule has 3 aliphatic rings. The Hall–Kier alpha value is -1.40. The molecule has 0 spiro atoms. The number of nitrogens with zero attached hydrogens (tertiary/aromatic N) is 4. The third kappa shape index (κ3) is 3.74. The summed E-state index contributed by atoms with van der Waals surface area (Å²) in [6, 6.07) is 0. The summed E-state index contributed by atoms with van der Waals surface area (Å²) in [5.74, 6) is 2.81. The zero-order valence-electron chi connectivity index (χ0n) is 17.0. The third-order valence-corrected chi connectivity index (χ3v) is 8.24. The van der Waals surface area contributed by atoms with E-state index < -0.39 is 0 Å². The Morgan fingerprint density at radius 3 is 2.52 bits per heavy atom. The van der Waals surface area contributed by atoms with E-state index in [0.717, 1.165) is 44.2 Å². The smallest absolute Gasteiger partial charge is 0.237 e. The van der Waals surface area contributed by atoms with Gasteiger partial charge >= 0.3 is 0 Å². The largest absolute Gasteiger partial charge is 0.352 e. The average molecular weight is 433 g/mol. The SMILES string of the molecule is O=C(CCl)N1CCN(c2nc(C3CCCCC3)nc3sc4c(c23)CCCC4)CC1. The quantitative estimate of drug-likeness (QED) is 0.670. The van der Waals surface area contributed by atoms with Crippen molar-refractivity contribution < 1.29 is 4.79 Å². The predicted molar refractivity (Wildman–Crippen MR) is 119 cm³/mol. The van der Waals surface area contributed by atoms with Crippen LogP contribution in [0, 0.1) is 0 Å². The Balaban J connectivity index is 1.53. The van der Waals surface area contributed by atoms with Crippen LogP contribution in [0.3, 0.4) is 0 Å². The molecule has 7 heteroatoms. The highest BCUT2D eigenvalue weighted by Crippen LogP contribution is 2.42. The average Bonchev–Trinajstić information content (AvgIpc) is 3.17. The highest BCUT2D eigenvalue weighted by atomic mass is 35.5. The fourth-order valence-electron chi connectivity index (χ4n) is 5.18. The summed E-state index contributed by atoms with van der Waals surface area (Å²) in [6.07, 6.45) is 11.3. The molecule has 2 aromatic rings. The molecular weight excluding hydrogens is 404 g/mol. The molecule has 29 heavy (non-hydrogen) atoms. The van der Waals surface area contributed by atoms with Crippen LogP contribution in [-0.4, -0.2) is 52.8 Å². The van der Waals surface area contributed by atoms with Gasteiger partial charge in [-0.2, -0.15) is 0 Å². The van der Waals surface area contributed by atoms with Crippen LogP contribution < -0.4 is 4.90 Å². The summed E-state index contributed by atoms with van der Waals surface area (Å²) >= 11 is 7.67. The van der Waals surface area contributed by atoms with Crippen molar-refractivity contribution >= 4 is 44.9 Å². The van der Waals surface area contributed by atoms with Crippen LogP contribution in [0.25, 0.3) is 10.2 Å². The second-order valence-corrected chi connectivity index (χ2v) is 9.98. The number of fused-ring (bicyclic) bond motifs is 3. The Bertz CT molecular complexity index is 900. The second-order valence-electron chi connectivity index (χ2n) is 8.63. The van der Waals surface area contributed by atoms with Crippen LogP contribution in [0.1, 0.15) is 67.1 Å². The van der Waals surface area contributed by atoms with E-state index in [-0.39, 0.29) is 11.8 Å². The number of aromatic nitrogens is 2. The minimum absolute atomic E-state index is 0.0370. The number of aryl methyl sites for hydroxylation is 2. The molecule has 5 nitrogen and oxygen atoms in total. The van der Waals surface area contributed by atoms with Crippen LogP contribution in [0.4, 0.5) is 5.82 Å². The maximum absolute atomic E-state index is 12.0. The Kier molecular flexibility index (Phi) is 5.65. The van der Waals surface area contributed by atoms with Gasteiger partial charge < -0.3 is 9.80 Å². The lowest BCUT2D eigenvalue weighted by Gasteiger charge is -2.36. The van der Waals surface area contributed by atoms with Crippen molar-refractivity contribution in [2.75, 3.05) is 37.0 Å². The van der Waals surface area contributed by atoms with Gasteiger partial charge in [0.1, 0.15) is 22.4 Å². The van der Waals surface area contributed by atoms with Gasteiger partial charge in [0.2, 0.25) is 5.91 Å². The van der Waals surface area contributed by atoms with Gasteiger partial charge in [0.25, 0.3) is 0 Å². The zero-order chi connectivity index (χ0) is 19.8. The lowest BCUT2D eigenvalue weighted by molar-refractivity contribution is -0.128. The predicted octanol–water partition coefficient (Wildman–Crippen LogP) is 4.51. The Labute approximate surface area is 181 Å². The van der Waals surface area contributed by atoms with E-state index in [1.165, 1.54) is 72.0 Å². The number of carbonyl (C=O) groups is 1. The first-order chi connectivity index (χ1) is 14.2. The van der Waals surface area contributed by atoms with E-state index >= 15 is 0 Å². The van der Waals surface area contributed by atoms with E-state index in [1.807, 2.05) is 16.2 Å². The van der Waals surface area contributed by atoms with Gasteiger partial charge in [-0.05, 0) is 44.1 Å². The number of halogens is 1. The van der Waals surface area contributed by atoms with Gasteiger partial charge in [-0.25, -0.2) is 9.97 Å². The molecule has 0 bridgehead atoms. The number of amides is 1. The number of hydrogen-bond donors (Lipinski definition) is 0. The third-order valence-electron chi connectivity index (χ3n) is 6.83. The molecule has 1 amide bonds. The van der Waals surface area contributed by atoms with Crippen molar-refractivity contribution in [1.29, 1.82) is 0 Å². The van der Waals surface area contributed by atoms with Gasteiger partial charge in [0.15, 0.2) is 0 Å². The molecule has 2 fully saturated rings. The fourth-order valence-corrected chi connectivity index (χ4v) is 6.61. The van der Waals surface area contributed by atoms with Gasteiger partial charge in [-0.15, -0.1) is 22.9 Å². The molecule has 0 N–H and O–H groups in total. The topological polar surface area (TPSA) is 49.3 Å². The number of piperazine rings is 1. The molecule has 1 aliphatic heterocycles. The lowest BCUT2D eigenvalue weighted by Crippen LogP contribution is -2.49. The first-order valence-corrected chi connectivity index (χ1v) is 12.5. The van der Waals surface area contributed by atoms with Crippen LogP contribution in [0.5, 0.6) is 0 Å². The van der Waals surface area contributed by atoms with Crippen molar-refractivity contribution in [3.8, 4) is 0 Å². The molecule has 1 saturated carbocycles. The van der Waals surface area contributed by atoms with E-state index in [9.17, 15) is 4.79 Å². The zero-order valence-corrected chi connectivity index (χ0v) is 18.5. The molecule has 0 aromatic carbocycles. The summed E-state index contributed by atoms with van der Waals surface area (Å²) < 4.78 is 0. The van der Waals surface area contributed by atoms with Crippen molar-refractivity contribution in [3.05, 3.63) is 16.3 Å². The number of hydrogen-bond acceptors (Lipinski definition) is 5. The van der Waals surface area contributed by atoms with Crippen molar-refractivity contribution in [3.63, 3.8) is 0 Å². The van der Waals surface area contributed by atoms with Crippen molar-refractivity contribution in [2.45, 2.75) is 63.7 Å². The molecule has 3 heterocycles. The Morgan fingerprint density at radius 1 is 1.00 bits per heavy atom. The maximum atomic E-state index is 12.0. The maximum Gasteiger partial charge on any atom is 0.237 e. The van der Waals surface area contributed by atoms with E-state index in [4.69, 9.17) is 21.6 Å². The Morgan fingerprint density at radius 2 is 1.76 bits per heavy atom. The van der Waals surface area contributed by atoms with Crippen molar-refractivity contribution in [1.82, 2.24) is 14.9 Å². The summed E-state index contributed by atoms with van der Waals surface area (Å²) in [7, 11) is 0. The minimum Gasteiger partial charge on any atom is -0.352 e. The summed E-state index contributed by atoms with van der Waals surface area (Å²) in [4.78, 5) is 29.3. The van der Waals surface area contributed by atoms with Crippen LogP contribution in [-0.2, 0) is 17.6 Å². The normalized spacial score (nSPS) is 20.9. The number of thiophene rings is 1. The molecular formula is C22H29ClN4OS. The summed E-state index contributed by atoms with van der Waals surface area (Å²) in [5.41, 5.74) is 1.50. The molecule has 0 radical (unpaired) electrons. The van der Waals surface area contributed by atoms with Crippen LogP contribution in [0.15, 0.2) is 0 Å². The van der Waals surface area contributed by atoms with Gasteiger partial charge in [0, 0.05) is 37.0 Å². The van der Waals surface area contributed by atoms with Crippen LogP contribution in [0.2, 0.25) is 0 Å². The fraction of sp³-hybridized carbons (Fsp3) is 0.682.